The van der Waals surface area contributed by atoms with Gasteiger partial charge in [0.15, 0.2) is 5.78 Å². The Bertz CT molecular complexity index is 1170. The molecule has 1 aromatic carbocycles. The molecule has 0 fully saturated rings. The Kier molecular flexibility index (Phi) is 7.21. The molecule has 5 nitrogen and oxygen atoms in total. The zero-order valence-corrected chi connectivity index (χ0v) is 20.3. The molecule has 0 atom stereocenters. The Labute approximate surface area is 198 Å². The highest BCUT2D eigenvalue weighted by Gasteiger charge is 2.30. The van der Waals surface area contributed by atoms with Crippen molar-refractivity contribution in [3.05, 3.63) is 61.8 Å². The molecular formula is C22H19Cl2NO4S2. The Morgan fingerprint density at radius 3 is 2.26 bits per heavy atom. The number of nitrogens with zero attached hydrogens (tertiary/aromatic N) is 1. The number of anilines is 1. The number of halogens is 2. The van der Waals surface area contributed by atoms with E-state index in [4.69, 9.17) is 27.9 Å². The Morgan fingerprint density at radius 1 is 1.00 bits per heavy atom. The van der Waals surface area contributed by atoms with E-state index in [9.17, 15) is 14.4 Å². The molecule has 0 spiro atoms. The first-order valence-electron chi connectivity index (χ1n) is 9.26. The van der Waals surface area contributed by atoms with E-state index in [1.54, 1.807) is 24.3 Å². The van der Waals surface area contributed by atoms with E-state index < -0.39 is 5.97 Å². The van der Waals surface area contributed by atoms with Gasteiger partial charge in [0.1, 0.15) is 4.88 Å². The van der Waals surface area contributed by atoms with Crippen LogP contribution in [0.5, 0.6) is 0 Å². The summed E-state index contributed by atoms with van der Waals surface area (Å²) >= 11 is 14.8. The maximum atomic E-state index is 13.4. The molecule has 0 aliphatic rings. The summed E-state index contributed by atoms with van der Waals surface area (Å²) in [5, 5.41) is 0.646. The fourth-order valence-corrected chi connectivity index (χ4v) is 5.53. The monoisotopic (exact) mass is 495 g/mol. The fourth-order valence-electron chi connectivity index (χ4n) is 3.00. The summed E-state index contributed by atoms with van der Waals surface area (Å²) in [6.45, 7) is 5.20. The number of ether oxygens (including phenoxy) is 1. The predicted molar refractivity (Wildman–Crippen MR) is 127 cm³/mol. The molecule has 0 unspecified atom stereocenters. The molecule has 1 amide bonds. The van der Waals surface area contributed by atoms with Gasteiger partial charge in [0, 0.05) is 20.8 Å². The van der Waals surface area contributed by atoms with Gasteiger partial charge >= 0.3 is 5.97 Å². The van der Waals surface area contributed by atoms with Crippen LogP contribution in [0.3, 0.4) is 0 Å². The summed E-state index contributed by atoms with van der Waals surface area (Å²) in [6, 6.07) is 9.73. The standard InChI is InChI=1S/C22H19Cl2NO4S2/c1-11(2)25(21(27)14-6-5-13(23)9-15(14)24)16-10-19(31-20(16)22(28)29-4)18-8-7-17(30-18)12(3)26/h5-11H,1-4H3. The van der Waals surface area contributed by atoms with Crippen LogP contribution in [-0.4, -0.2) is 30.8 Å². The molecule has 0 bridgehead atoms. The quantitative estimate of drug-likeness (QED) is 0.277. The SMILES string of the molecule is COC(=O)c1sc(-c2ccc(C(C)=O)s2)cc1N(C(=O)c1ccc(Cl)cc1Cl)C(C)C. The molecule has 0 aliphatic heterocycles. The second-order valence-corrected chi connectivity index (χ2v) is 9.91. The molecule has 0 aliphatic carbocycles. The third-order valence-electron chi connectivity index (χ3n) is 4.44. The second kappa shape index (κ2) is 9.53. The molecule has 3 rings (SSSR count). The molecule has 0 saturated carbocycles. The van der Waals surface area contributed by atoms with Gasteiger partial charge in [-0.25, -0.2) is 4.79 Å². The minimum absolute atomic E-state index is 0.0300. The zero-order valence-electron chi connectivity index (χ0n) is 17.2. The number of rotatable bonds is 6. The highest BCUT2D eigenvalue weighted by Crippen LogP contribution is 2.41. The summed E-state index contributed by atoms with van der Waals surface area (Å²) in [4.78, 5) is 41.7. The minimum atomic E-state index is -0.546. The van der Waals surface area contributed by atoms with Gasteiger partial charge in [-0.1, -0.05) is 23.2 Å². The minimum Gasteiger partial charge on any atom is -0.465 e. The number of thiophene rings is 2. The average molecular weight is 496 g/mol. The number of amides is 1. The van der Waals surface area contributed by atoms with E-state index in [1.165, 1.54) is 47.7 Å². The number of carbonyl (C=O) groups is 3. The third kappa shape index (κ3) is 4.85. The van der Waals surface area contributed by atoms with Crippen molar-refractivity contribution in [3.8, 4) is 9.75 Å². The van der Waals surface area contributed by atoms with Crippen LogP contribution in [0.25, 0.3) is 9.75 Å². The molecule has 2 aromatic heterocycles. The largest absolute Gasteiger partial charge is 0.465 e. The lowest BCUT2D eigenvalue weighted by Crippen LogP contribution is -2.37. The van der Waals surface area contributed by atoms with Crippen molar-refractivity contribution in [1.29, 1.82) is 0 Å². The topological polar surface area (TPSA) is 63.7 Å². The van der Waals surface area contributed by atoms with Crippen LogP contribution in [0.4, 0.5) is 5.69 Å². The first kappa shape index (κ1) is 23.5. The Balaban J connectivity index is 2.14. The smallest absolute Gasteiger partial charge is 0.350 e. The van der Waals surface area contributed by atoms with Gasteiger partial charge in [-0.3, -0.25) is 9.59 Å². The molecule has 9 heteroatoms. The number of Topliss-reactive ketones (excluding diaryl/α,β-unsaturated/α-hetero) is 1. The third-order valence-corrected chi connectivity index (χ3v) is 7.47. The van der Waals surface area contributed by atoms with Crippen molar-refractivity contribution in [2.45, 2.75) is 26.8 Å². The summed E-state index contributed by atoms with van der Waals surface area (Å²) < 4.78 is 4.96. The van der Waals surface area contributed by atoms with E-state index in [0.29, 0.717) is 20.5 Å². The lowest BCUT2D eigenvalue weighted by atomic mass is 10.1. The van der Waals surface area contributed by atoms with Crippen molar-refractivity contribution in [2.75, 3.05) is 12.0 Å². The number of ketones is 1. The van der Waals surface area contributed by atoms with Crippen LogP contribution in [0.15, 0.2) is 36.4 Å². The number of benzene rings is 1. The van der Waals surface area contributed by atoms with Crippen LogP contribution < -0.4 is 4.90 Å². The highest BCUT2D eigenvalue weighted by atomic mass is 35.5. The summed E-state index contributed by atoms with van der Waals surface area (Å²) in [5.41, 5.74) is 0.703. The van der Waals surface area contributed by atoms with Crippen molar-refractivity contribution >= 4 is 69.2 Å². The van der Waals surface area contributed by atoms with Gasteiger partial charge in [-0.2, -0.15) is 0 Å². The normalized spacial score (nSPS) is 10.9. The predicted octanol–water partition coefficient (Wildman–Crippen LogP) is 6.83. The number of hydrogen-bond donors (Lipinski definition) is 0. The molecule has 31 heavy (non-hydrogen) atoms. The van der Waals surface area contributed by atoms with Crippen molar-refractivity contribution in [3.63, 3.8) is 0 Å². The van der Waals surface area contributed by atoms with Crippen LogP contribution >= 0.6 is 45.9 Å². The van der Waals surface area contributed by atoms with Gasteiger partial charge in [-0.15, -0.1) is 22.7 Å². The van der Waals surface area contributed by atoms with Crippen LogP contribution in [0, 0.1) is 0 Å². The number of methoxy groups -OCH3 is 1. The molecule has 0 radical (unpaired) electrons. The Hall–Kier alpha value is -2.19. The van der Waals surface area contributed by atoms with Crippen LogP contribution in [-0.2, 0) is 4.74 Å². The second-order valence-electron chi connectivity index (χ2n) is 6.93. The van der Waals surface area contributed by atoms with Crippen molar-refractivity contribution in [2.24, 2.45) is 0 Å². The lowest BCUT2D eigenvalue weighted by molar-refractivity contribution is 0.0607. The maximum Gasteiger partial charge on any atom is 0.350 e. The molecule has 2 heterocycles. The fraction of sp³-hybridized carbons (Fsp3) is 0.227. The number of carbonyl (C=O) groups excluding carboxylic acids is 3. The number of hydrogen-bond acceptors (Lipinski definition) is 6. The van der Waals surface area contributed by atoms with Crippen molar-refractivity contribution in [1.82, 2.24) is 0 Å². The molecule has 0 saturated heterocycles. The van der Waals surface area contributed by atoms with E-state index >= 15 is 0 Å². The first-order chi connectivity index (χ1) is 14.6. The Morgan fingerprint density at radius 2 is 1.71 bits per heavy atom. The summed E-state index contributed by atoms with van der Waals surface area (Å²) in [6.07, 6.45) is 0. The van der Waals surface area contributed by atoms with Gasteiger partial charge in [0.25, 0.3) is 5.91 Å². The molecular weight excluding hydrogens is 477 g/mol. The van der Waals surface area contributed by atoms with Crippen LogP contribution in [0.1, 0.15) is 50.5 Å². The maximum absolute atomic E-state index is 13.4. The van der Waals surface area contributed by atoms with Gasteiger partial charge in [0.2, 0.25) is 0 Å². The lowest BCUT2D eigenvalue weighted by Gasteiger charge is -2.27. The zero-order chi connectivity index (χ0) is 22.9. The van der Waals surface area contributed by atoms with E-state index in [0.717, 1.165) is 9.75 Å². The van der Waals surface area contributed by atoms with Gasteiger partial charge in [0.05, 0.1) is 28.3 Å². The van der Waals surface area contributed by atoms with E-state index in [-0.39, 0.29) is 28.3 Å². The van der Waals surface area contributed by atoms with Gasteiger partial charge in [-0.05, 0) is 57.2 Å². The van der Waals surface area contributed by atoms with Crippen LogP contribution in [0.2, 0.25) is 10.0 Å². The number of esters is 1. The van der Waals surface area contributed by atoms with E-state index in [2.05, 4.69) is 0 Å². The van der Waals surface area contributed by atoms with Crippen molar-refractivity contribution < 1.29 is 19.1 Å². The summed E-state index contributed by atoms with van der Waals surface area (Å²) in [7, 11) is 1.29. The summed E-state index contributed by atoms with van der Waals surface area (Å²) in [5.74, 6) is -0.936. The van der Waals surface area contributed by atoms with E-state index in [1.807, 2.05) is 19.9 Å². The molecule has 0 N–H and O–H groups in total. The molecule has 3 aromatic rings. The first-order valence-corrected chi connectivity index (χ1v) is 11.6. The molecule has 162 valence electrons. The highest BCUT2D eigenvalue weighted by molar-refractivity contribution is 7.24. The average Bonchev–Trinajstić information content (AvgIpc) is 3.34. The van der Waals surface area contributed by atoms with Gasteiger partial charge < -0.3 is 9.64 Å².